The van der Waals surface area contributed by atoms with E-state index in [1.807, 2.05) is 6.07 Å². The Kier molecular flexibility index (Phi) is 3.67. The molecule has 0 radical (unpaired) electrons. The first-order valence-corrected chi connectivity index (χ1v) is 8.34. The molecule has 0 aliphatic heterocycles. The topological polar surface area (TPSA) is 29.5 Å². The van der Waals surface area contributed by atoms with Gasteiger partial charge in [0.15, 0.2) is 11.5 Å². The molecule has 1 N–H and O–H groups in total. The van der Waals surface area contributed by atoms with Crippen molar-refractivity contribution < 1.29 is 9.84 Å². The van der Waals surface area contributed by atoms with E-state index >= 15 is 0 Å². The number of methoxy groups -OCH3 is 1. The Morgan fingerprint density at radius 3 is 2.71 bits per heavy atom. The van der Waals surface area contributed by atoms with Crippen molar-refractivity contribution in [3.05, 3.63) is 23.3 Å². The summed E-state index contributed by atoms with van der Waals surface area (Å²) in [5.74, 6) is 3.06. The van der Waals surface area contributed by atoms with Gasteiger partial charge in [0, 0.05) is 0 Å². The number of phenolic OH excluding ortho intramolecular Hbond substituents is 1. The van der Waals surface area contributed by atoms with Gasteiger partial charge in [-0.2, -0.15) is 0 Å². The fourth-order valence-corrected chi connectivity index (χ4v) is 5.19. The molecule has 0 amide bonds. The van der Waals surface area contributed by atoms with Gasteiger partial charge in [-0.25, -0.2) is 0 Å². The van der Waals surface area contributed by atoms with Crippen LogP contribution in [0.5, 0.6) is 11.5 Å². The van der Waals surface area contributed by atoms with Crippen molar-refractivity contribution in [3.63, 3.8) is 0 Å². The minimum atomic E-state index is 0.257. The highest BCUT2D eigenvalue weighted by Crippen LogP contribution is 2.58. The van der Waals surface area contributed by atoms with Gasteiger partial charge in [-0.3, -0.25) is 0 Å². The molecule has 0 heterocycles. The van der Waals surface area contributed by atoms with Crippen LogP contribution in [0.25, 0.3) is 0 Å². The Balaban J connectivity index is 1.94. The number of hydrogen-bond acceptors (Lipinski definition) is 2. The third kappa shape index (κ3) is 2.33. The first-order valence-electron chi connectivity index (χ1n) is 8.34. The van der Waals surface area contributed by atoms with Crippen molar-refractivity contribution in [2.75, 3.05) is 7.11 Å². The Morgan fingerprint density at radius 2 is 2.00 bits per heavy atom. The van der Waals surface area contributed by atoms with Crippen molar-refractivity contribution in [1.29, 1.82) is 0 Å². The van der Waals surface area contributed by atoms with E-state index in [0.29, 0.717) is 17.1 Å². The molecule has 0 saturated heterocycles. The Hall–Kier alpha value is -1.18. The molecule has 2 heteroatoms. The number of fused-ring (bicyclic) bond motifs is 1. The molecule has 1 aromatic rings. The van der Waals surface area contributed by atoms with Crippen molar-refractivity contribution in [2.45, 2.75) is 58.8 Å². The maximum Gasteiger partial charge on any atom is 0.160 e. The SMILES string of the molecule is COc1cc(C2CC[C@]3(C)CCCC3C2C)c(C)cc1O. The van der Waals surface area contributed by atoms with E-state index in [2.05, 4.69) is 26.8 Å². The average molecular weight is 288 g/mol. The maximum absolute atomic E-state index is 9.95. The summed E-state index contributed by atoms with van der Waals surface area (Å²) >= 11 is 0. The summed E-state index contributed by atoms with van der Waals surface area (Å²) in [5.41, 5.74) is 3.16. The molecule has 0 bridgehead atoms. The average Bonchev–Trinajstić information content (AvgIpc) is 2.83. The molecule has 3 unspecified atom stereocenters. The predicted octanol–water partition coefficient (Wildman–Crippen LogP) is 5.03. The maximum atomic E-state index is 9.95. The highest BCUT2D eigenvalue weighted by atomic mass is 16.5. The second kappa shape index (κ2) is 5.23. The molecule has 21 heavy (non-hydrogen) atoms. The summed E-state index contributed by atoms with van der Waals surface area (Å²) in [7, 11) is 1.63. The van der Waals surface area contributed by atoms with Crippen LogP contribution >= 0.6 is 0 Å². The van der Waals surface area contributed by atoms with Crippen LogP contribution in [0.1, 0.15) is 63.0 Å². The lowest BCUT2D eigenvalue weighted by Gasteiger charge is -2.45. The molecular formula is C19H28O2. The highest BCUT2D eigenvalue weighted by molar-refractivity contribution is 5.47. The molecule has 0 spiro atoms. The van der Waals surface area contributed by atoms with Crippen LogP contribution in [0.2, 0.25) is 0 Å². The minimum Gasteiger partial charge on any atom is -0.504 e. The van der Waals surface area contributed by atoms with E-state index in [1.54, 1.807) is 7.11 Å². The fourth-order valence-electron chi connectivity index (χ4n) is 5.19. The smallest absolute Gasteiger partial charge is 0.160 e. The lowest BCUT2D eigenvalue weighted by Crippen LogP contribution is -2.36. The monoisotopic (exact) mass is 288 g/mol. The van der Waals surface area contributed by atoms with E-state index in [1.165, 1.54) is 43.2 Å². The third-order valence-electron chi connectivity index (χ3n) is 6.42. The quantitative estimate of drug-likeness (QED) is 0.827. The molecule has 116 valence electrons. The normalized spacial score (nSPS) is 35.5. The second-order valence-electron chi connectivity index (χ2n) is 7.54. The molecular weight excluding hydrogens is 260 g/mol. The molecule has 2 fully saturated rings. The van der Waals surface area contributed by atoms with Gasteiger partial charge >= 0.3 is 0 Å². The van der Waals surface area contributed by atoms with E-state index in [9.17, 15) is 5.11 Å². The van der Waals surface area contributed by atoms with Crippen molar-refractivity contribution >= 4 is 0 Å². The standard InChI is InChI=1S/C19H28O2/c1-12-10-17(20)18(21-4)11-15(12)14-7-9-19(3)8-5-6-16(19)13(14)2/h10-11,13-14,16,20H,5-9H2,1-4H3/t13?,14?,16?,19-/m0/s1. The zero-order valence-corrected chi connectivity index (χ0v) is 13.8. The Labute approximate surface area is 128 Å². The van der Waals surface area contributed by atoms with Crippen molar-refractivity contribution in [3.8, 4) is 11.5 Å². The lowest BCUT2D eigenvalue weighted by molar-refractivity contribution is 0.0800. The number of aromatic hydroxyl groups is 1. The summed E-state index contributed by atoms with van der Waals surface area (Å²) in [6, 6.07) is 3.94. The van der Waals surface area contributed by atoms with Crippen LogP contribution in [-0.4, -0.2) is 12.2 Å². The zero-order valence-electron chi connectivity index (χ0n) is 13.8. The molecule has 2 nitrogen and oxygen atoms in total. The van der Waals surface area contributed by atoms with Gasteiger partial charge in [-0.15, -0.1) is 0 Å². The summed E-state index contributed by atoms with van der Waals surface area (Å²) in [6.45, 7) is 7.06. The van der Waals surface area contributed by atoms with Gasteiger partial charge in [-0.1, -0.05) is 20.3 Å². The van der Waals surface area contributed by atoms with Crippen LogP contribution in [0.4, 0.5) is 0 Å². The number of hydrogen-bond donors (Lipinski definition) is 1. The van der Waals surface area contributed by atoms with Crippen LogP contribution in [0.15, 0.2) is 12.1 Å². The number of rotatable bonds is 2. The summed E-state index contributed by atoms with van der Waals surface area (Å²) in [6.07, 6.45) is 6.81. The largest absolute Gasteiger partial charge is 0.504 e. The molecule has 1 aromatic carbocycles. The first kappa shape index (κ1) is 14.7. The van der Waals surface area contributed by atoms with E-state index in [0.717, 1.165) is 11.8 Å². The molecule has 2 aliphatic rings. The van der Waals surface area contributed by atoms with Crippen LogP contribution < -0.4 is 4.74 Å². The zero-order chi connectivity index (χ0) is 15.2. The lowest BCUT2D eigenvalue weighted by atomic mass is 9.59. The van der Waals surface area contributed by atoms with E-state index in [4.69, 9.17) is 4.74 Å². The fraction of sp³-hybridized carbons (Fsp3) is 0.684. The van der Waals surface area contributed by atoms with Gasteiger partial charge in [0.25, 0.3) is 0 Å². The number of aryl methyl sites for hydroxylation is 1. The van der Waals surface area contributed by atoms with E-state index in [-0.39, 0.29) is 5.75 Å². The van der Waals surface area contributed by atoms with Crippen LogP contribution in [-0.2, 0) is 0 Å². The molecule has 2 aliphatic carbocycles. The Bertz CT molecular complexity index is 537. The van der Waals surface area contributed by atoms with Crippen molar-refractivity contribution in [2.24, 2.45) is 17.3 Å². The third-order valence-corrected chi connectivity index (χ3v) is 6.42. The van der Waals surface area contributed by atoms with Gasteiger partial charge < -0.3 is 9.84 Å². The summed E-state index contributed by atoms with van der Waals surface area (Å²) < 4.78 is 5.32. The minimum absolute atomic E-state index is 0.257. The number of benzene rings is 1. The number of ether oxygens (including phenoxy) is 1. The molecule has 3 rings (SSSR count). The van der Waals surface area contributed by atoms with Gasteiger partial charge in [0.1, 0.15) is 0 Å². The van der Waals surface area contributed by atoms with Crippen molar-refractivity contribution in [1.82, 2.24) is 0 Å². The van der Waals surface area contributed by atoms with E-state index < -0.39 is 0 Å². The van der Waals surface area contributed by atoms with Gasteiger partial charge in [0.05, 0.1) is 7.11 Å². The second-order valence-corrected chi connectivity index (χ2v) is 7.54. The van der Waals surface area contributed by atoms with Crippen LogP contribution in [0.3, 0.4) is 0 Å². The molecule has 4 atom stereocenters. The number of phenols is 1. The molecule has 2 saturated carbocycles. The summed E-state index contributed by atoms with van der Waals surface area (Å²) in [5, 5.41) is 9.95. The summed E-state index contributed by atoms with van der Waals surface area (Å²) in [4.78, 5) is 0. The van der Waals surface area contributed by atoms with Crippen LogP contribution in [0, 0.1) is 24.2 Å². The van der Waals surface area contributed by atoms with Gasteiger partial charge in [-0.05, 0) is 79.0 Å². The van der Waals surface area contributed by atoms with Gasteiger partial charge in [0.2, 0.25) is 0 Å². The predicted molar refractivity (Wildman–Crippen MR) is 86.0 cm³/mol. The first-order chi connectivity index (χ1) is 9.96. The highest BCUT2D eigenvalue weighted by Gasteiger charge is 2.47. The molecule has 0 aromatic heterocycles. The Morgan fingerprint density at radius 1 is 1.24 bits per heavy atom.